The predicted octanol–water partition coefficient (Wildman–Crippen LogP) is 2.90. The van der Waals surface area contributed by atoms with E-state index in [1.54, 1.807) is 0 Å². The van der Waals surface area contributed by atoms with E-state index in [-0.39, 0.29) is 39.3 Å². The molecule has 36 heavy (non-hydrogen) atoms. The van der Waals surface area contributed by atoms with Gasteiger partial charge in [0.15, 0.2) is 0 Å². The average molecular weight is 524 g/mol. The van der Waals surface area contributed by atoms with Gasteiger partial charge in [-0.1, -0.05) is 12.8 Å². The minimum Gasteiger partial charge on any atom is -0.466 e. The topological polar surface area (TPSA) is 196 Å². The number of hydrogen-bond donors (Lipinski definition) is 1. The van der Waals surface area contributed by atoms with E-state index in [0.717, 1.165) is 19.3 Å². The quantitative estimate of drug-likeness (QED) is 0.0459. The monoisotopic (exact) mass is 523 g/mol. The van der Waals surface area contributed by atoms with Crippen LogP contribution in [0.3, 0.4) is 0 Å². The second-order valence-electron chi connectivity index (χ2n) is 7.78. The molecule has 0 radical (unpaired) electrons. The first-order chi connectivity index (χ1) is 17.3. The molecule has 0 spiro atoms. The molecule has 1 unspecified atom stereocenters. The Morgan fingerprint density at radius 3 is 1.81 bits per heavy atom. The third kappa shape index (κ3) is 23.8. The summed E-state index contributed by atoms with van der Waals surface area (Å²) in [4.78, 5) is 62.7. The largest absolute Gasteiger partial charge is 0.466 e. The molecule has 0 rings (SSSR count). The van der Waals surface area contributed by atoms with Crippen LogP contribution < -0.4 is 5.32 Å². The second-order valence-corrected chi connectivity index (χ2v) is 7.78. The summed E-state index contributed by atoms with van der Waals surface area (Å²) in [6.45, 7) is 1.21. The molecule has 1 atom stereocenters. The number of alkyl carbamates (subject to hydrolysis) is 1. The number of hydrogen-bond acceptors (Lipinski definition) is 12. The molecule has 0 bridgehead atoms. The van der Waals surface area contributed by atoms with E-state index in [1.165, 1.54) is 0 Å². The summed E-state index contributed by atoms with van der Waals surface area (Å²) in [5, 5.41) is 21.0. The summed E-state index contributed by atoms with van der Waals surface area (Å²) >= 11 is 0. The highest BCUT2D eigenvalue weighted by Crippen LogP contribution is 2.10. The van der Waals surface area contributed by atoms with Crippen LogP contribution in [0.25, 0.3) is 0 Å². The van der Waals surface area contributed by atoms with Crippen molar-refractivity contribution < 1.29 is 48.4 Å². The van der Waals surface area contributed by atoms with Crippen LogP contribution in [0.15, 0.2) is 0 Å². The van der Waals surface area contributed by atoms with Gasteiger partial charge in [-0.05, 0) is 57.8 Å². The maximum atomic E-state index is 11.9. The third-order valence-electron chi connectivity index (χ3n) is 4.83. The number of esters is 1. The van der Waals surface area contributed by atoms with Crippen LogP contribution in [0.4, 0.5) is 4.79 Å². The highest BCUT2D eigenvalue weighted by molar-refractivity contribution is 5.70. The third-order valence-corrected chi connectivity index (χ3v) is 4.83. The minimum atomic E-state index is -0.833. The van der Waals surface area contributed by atoms with Crippen molar-refractivity contribution in [1.29, 1.82) is 0 Å². The lowest BCUT2D eigenvalue weighted by Crippen LogP contribution is -2.26. The zero-order valence-corrected chi connectivity index (χ0v) is 20.5. The highest BCUT2D eigenvalue weighted by Gasteiger charge is 2.16. The first-order valence-electron chi connectivity index (χ1n) is 12.0. The fraction of sp³-hybridized carbons (Fsp3) is 0.857. The van der Waals surface area contributed by atoms with Gasteiger partial charge < -0.3 is 29.2 Å². The number of unbranched alkanes of at least 4 members (excludes halogenated alkanes) is 7. The van der Waals surface area contributed by atoms with E-state index >= 15 is 0 Å². The molecule has 0 aromatic rings. The molecule has 0 heterocycles. The molecule has 0 fully saturated rings. The van der Waals surface area contributed by atoms with Gasteiger partial charge in [0.1, 0.15) is 6.10 Å². The van der Waals surface area contributed by atoms with Crippen molar-refractivity contribution in [1.82, 2.24) is 5.32 Å². The SMILES string of the molecule is O=COC(CCCCNC(=O)OCCCCCCO[N+](=O)[O-])CC(=O)OCCCCCCO[N+](=O)[O-]. The number of nitrogens with zero attached hydrogens (tertiary/aromatic N) is 2. The van der Waals surface area contributed by atoms with E-state index in [4.69, 9.17) is 14.2 Å². The van der Waals surface area contributed by atoms with Gasteiger partial charge in [-0.15, -0.1) is 20.2 Å². The zero-order chi connectivity index (χ0) is 26.9. The first kappa shape index (κ1) is 32.6. The number of carbonyl (C=O) groups excluding carboxylic acids is 3. The summed E-state index contributed by atoms with van der Waals surface area (Å²) in [5.74, 6) is -0.481. The molecule has 0 aromatic heterocycles. The molecular weight excluding hydrogens is 486 g/mol. The van der Waals surface area contributed by atoms with Crippen LogP contribution >= 0.6 is 0 Å². The maximum absolute atomic E-state index is 11.9. The molecule has 208 valence electrons. The summed E-state index contributed by atoms with van der Waals surface area (Å²) in [6, 6.07) is 0. The van der Waals surface area contributed by atoms with Gasteiger partial charge in [0.05, 0.1) is 32.8 Å². The Morgan fingerprint density at radius 1 is 0.750 bits per heavy atom. The number of ether oxygens (including phenoxy) is 3. The van der Waals surface area contributed by atoms with Crippen LogP contribution in [0.5, 0.6) is 0 Å². The lowest BCUT2D eigenvalue weighted by Gasteiger charge is -2.14. The van der Waals surface area contributed by atoms with Gasteiger partial charge in [0, 0.05) is 6.54 Å². The van der Waals surface area contributed by atoms with Gasteiger partial charge in [-0.2, -0.15) is 0 Å². The van der Waals surface area contributed by atoms with Crippen LogP contribution in [-0.2, 0) is 33.5 Å². The van der Waals surface area contributed by atoms with Gasteiger partial charge in [-0.3, -0.25) is 9.59 Å². The van der Waals surface area contributed by atoms with Crippen LogP contribution in [0.2, 0.25) is 0 Å². The predicted molar refractivity (Wildman–Crippen MR) is 123 cm³/mol. The minimum absolute atomic E-state index is 0.0432. The van der Waals surface area contributed by atoms with Gasteiger partial charge in [0.25, 0.3) is 16.6 Å². The Kier molecular flexibility index (Phi) is 21.2. The normalized spacial score (nSPS) is 11.1. The van der Waals surface area contributed by atoms with E-state index in [1.807, 2.05) is 0 Å². The molecule has 0 saturated heterocycles. The van der Waals surface area contributed by atoms with Crippen molar-refractivity contribution in [2.75, 3.05) is 33.0 Å². The molecule has 0 aromatic carbocycles. The molecule has 15 heteroatoms. The Labute approximate surface area is 209 Å². The Balaban J connectivity index is 3.71. The molecular formula is C21H37N3O12. The lowest BCUT2D eigenvalue weighted by atomic mass is 10.1. The standard InChI is InChI=1S/C21H37N3O12/c25-18-34-19(17-20(26)32-13-7-1-3-9-15-35-23(28)29)11-5-6-12-22-21(27)33-14-8-2-4-10-16-36-24(30)31/h18-19H,1-17H2,(H,22,27). The molecule has 0 aliphatic carbocycles. The molecule has 15 nitrogen and oxygen atoms in total. The molecule has 0 aliphatic heterocycles. The number of carbonyl (C=O) groups is 3. The van der Waals surface area contributed by atoms with Crippen LogP contribution in [0.1, 0.15) is 77.0 Å². The van der Waals surface area contributed by atoms with Crippen molar-refractivity contribution in [2.24, 2.45) is 0 Å². The highest BCUT2D eigenvalue weighted by atomic mass is 17.0. The number of amides is 1. The molecule has 0 saturated carbocycles. The average Bonchev–Trinajstić information content (AvgIpc) is 2.81. The summed E-state index contributed by atoms with van der Waals surface area (Å²) in [6.07, 6.45) is 5.72. The van der Waals surface area contributed by atoms with Crippen LogP contribution in [0, 0.1) is 20.2 Å². The van der Waals surface area contributed by atoms with Gasteiger partial charge >= 0.3 is 12.1 Å². The Hall–Kier alpha value is -3.39. The van der Waals surface area contributed by atoms with Crippen molar-refractivity contribution in [3.8, 4) is 0 Å². The molecule has 1 amide bonds. The van der Waals surface area contributed by atoms with Crippen molar-refractivity contribution in [3.05, 3.63) is 20.2 Å². The lowest BCUT2D eigenvalue weighted by molar-refractivity contribution is -0.757. The summed E-state index contributed by atoms with van der Waals surface area (Å²) in [5.41, 5.74) is 0. The Bertz CT molecular complexity index is 635. The van der Waals surface area contributed by atoms with E-state index in [0.29, 0.717) is 57.9 Å². The van der Waals surface area contributed by atoms with Crippen molar-refractivity contribution >= 4 is 18.5 Å². The first-order valence-corrected chi connectivity index (χ1v) is 12.0. The van der Waals surface area contributed by atoms with Gasteiger partial charge in [-0.25, -0.2) is 4.79 Å². The summed E-state index contributed by atoms with van der Waals surface area (Å²) < 4.78 is 15.1. The fourth-order valence-electron chi connectivity index (χ4n) is 3.02. The number of rotatable bonds is 25. The second kappa shape index (κ2) is 23.4. The van der Waals surface area contributed by atoms with Crippen LogP contribution in [-0.4, -0.2) is 67.8 Å². The maximum Gasteiger partial charge on any atom is 0.407 e. The van der Waals surface area contributed by atoms with E-state index in [2.05, 4.69) is 15.0 Å². The fourth-order valence-corrected chi connectivity index (χ4v) is 3.02. The number of nitrogens with one attached hydrogen (secondary N) is 1. The van der Waals surface area contributed by atoms with Crippen molar-refractivity contribution in [2.45, 2.75) is 83.2 Å². The Morgan fingerprint density at radius 2 is 1.28 bits per heavy atom. The van der Waals surface area contributed by atoms with E-state index < -0.39 is 28.3 Å². The smallest absolute Gasteiger partial charge is 0.407 e. The zero-order valence-electron chi connectivity index (χ0n) is 20.5. The molecule has 1 N–H and O–H groups in total. The van der Waals surface area contributed by atoms with Crippen molar-refractivity contribution in [3.63, 3.8) is 0 Å². The summed E-state index contributed by atoms with van der Waals surface area (Å²) in [7, 11) is 0. The van der Waals surface area contributed by atoms with Gasteiger partial charge in [0.2, 0.25) is 0 Å². The van der Waals surface area contributed by atoms with E-state index in [9.17, 15) is 34.6 Å². The molecule has 0 aliphatic rings.